The first-order valence-corrected chi connectivity index (χ1v) is 9.25. The van der Waals surface area contributed by atoms with Crippen molar-refractivity contribution < 1.29 is 17.4 Å². The Morgan fingerprint density at radius 3 is 2.35 bits per heavy atom. The molecule has 6 atom stereocenters. The second-order valence-electron chi connectivity index (χ2n) is 7.36. The van der Waals surface area contributed by atoms with Gasteiger partial charge in [-0.1, -0.05) is 0 Å². The highest BCUT2D eigenvalue weighted by atomic mass is 32.2. The average molecular weight is 305 g/mol. The summed E-state index contributed by atoms with van der Waals surface area (Å²) < 4.78 is 44.9. The first-order chi connectivity index (χ1) is 9.24. The van der Waals surface area contributed by atoms with E-state index in [1.165, 1.54) is 0 Å². The lowest BCUT2D eigenvalue weighted by Crippen LogP contribution is -2.53. The molecule has 0 radical (unpaired) electrons. The van der Waals surface area contributed by atoms with E-state index in [1.54, 1.807) is 0 Å². The van der Waals surface area contributed by atoms with Gasteiger partial charge in [0, 0.05) is 6.04 Å². The Labute approximate surface area is 120 Å². The maximum Gasteiger partial charge on any atom is 0.264 e. The summed E-state index contributed by atoms with van der Waals surface area (Å²) in [7, 11) is -3.93. The van der Waals surface area contributed by atoms with Crippen molar-refractivity contribution in [2.75, 3.05) is 5.75 Å². The molecule has 4 rings (SSSR count). The van der Waals surface area contributed by atoms with Crippen LogP contribution in [0.1, 0.15) is 44.9 Å². The minimum Gasteiger partial charge on any atom is -0.328 e. The van der Waals surface area contributed by atoms with E-state index in [0.29, 0.717) is 42.9 Å². The number of hydrogen-bond acceptors (Lipinski definition) is 3. The van der Waals surface area contributed by atoms with Crippen LogP contribution in [0.4, 0.5) is 4.39 Å². The van der Waals surface area contributed by atoms with Crippen molar-refractivity contribution in [2.24, 2.45) is 29.4 Å². The van der Waals surface area contributed by atoms with E-state index in [2.05, 4.69) is 0 Å². The van der Waals surface area contributed by atoms with Gasteiger partial charge in [-0.3, -0.25) is 4.55 Å². The van der Waals surface area contributed by atoms with E-state index in [4.69, 9.17) is 10.3 Å². The molecule has 0 amide bonds. The molecule has 4 fully saturated rings. The number of hydrogen-bond donors (Lipinski definition) is 2. The van der Waals surface area contributed by atoms with E-state index in [0.717, 1.165) is 25.7 Å². The molecule has 0 aliphatic heterocycles. The second kappa shape index (κ2) is 4.92. The molecule has 0 aromatic rings. The van der Waals surface area contributed by atoms with Crippen molar-refractivity contribution in [1.82, 2.24) is 0 Å². The maximum atomic E-state index is 14.6. The summed E-state index contributed by atoms with van der Waals surface area (Å²) in [5, 5.41) is 0. The predicted molar refractivity (Wildman–Crippen MR) is 74.5 cm³/mol. The zero-order chi connectivity index (χ0) is 14.5. The highest BCUT2D eigenvalue weighted by Crippen LogP contribution is 2.60. The van der Waals surface area contributed by atoms with Gasteiger partial charge in [0.05, 0.1) is 5.75 Å². The Bertz CT molecular complexity index is 465. The van der Waals surface area contributed by atoms with Gasteiger partial charge in [-0.15, -0.1) is 0 Å². The van der Waals surface area contributed by atoms with E-state index >= 15 is 0 Å². The first-order valence-electron chi connectivity index (χ1n) is 7.64. The molecule has 4 aliphatic rings. The minimum absolute atomic E-state index is 0.213. The molecule has 0 spiro atoms. The molecule has 4 aliphatic carbocycles. The third kappa shape index (κ3) is 3.02. The van der Waals surface area contributed by atoms with Gasteiger partial charge in [0.25, 0.3) is 10.1 Å². The van der Waals surface area contributed by atoms with E-state index in [9.17, 15) is 12.8 Å². The van der Waals surface area contributed by atoms with Crippen molar-refractivity contribution in [1.29, 1.82) is 0 Å². The van der Waals surface area contributed by atoms with Gasteiger partial charge in [0.15, 0.2) is 0 Å². The zero-order valence-electron chi connectivity index (χ0n) is 11.7. The van der Waals surface area contributed by atoms with Crippen molar-refractivity contribution in [3.63, 3.8) is 0 Å². The third-order valence-electron chi connectivity index (χ3n) is 5.72. The van der Waals surface area contributed by atoms with Crippen molar-refractivity contribution >= 4 is 10.1 Å². The summed E-state index contributed by atoms with van der Waals surface area (Å²) in [5.41, 5.74) is 5.10. The van der Waals surface area contributed by atoms with Crippen LogP contribution in [0, 0.1) is 23.7 Å². The monoisotopic (exact) mass is 305 g/mol. The summed E-state index contributed by atoms with van der Waals surface area (Å²) in [4.78, 5) is 0. The highest BCUT2D eigenvalue weighted by Gasteiger charge is 2.55. The Hall–Kier alpha value is -0.200. The van der Waals surface area contributed by atoms with E-state index < -0.39 is 15.8 Å². The Kier molecular flexibility index (Phi) is 3.62. The lowest BCUT2D eigenvalue weighted by Gasteiger charge is -2.57. The molecule has 116 valence electrons. The van der Waals surface area contributed by atoms with Crippen LogP contribution in [-0.4, -0.2) is 30.4 Å². The molecule has 3 N–H and O–H groups in total. The fraction of sp³-hybridized carbons (Fsp3) is 1.00. The molecule has 6 heteroatoms. The van der Waals surface area contributed by atoms with E-state index in [1.807, 2.05) is 0 Å². The topological polar surface area (TPSA) is 80.4 Å². The number of halogens is 1. The van der Waals surface area contributed by atoms with Gasteiger partial charge in [0.2, 0.25) is 0 Å². The zero-order valence-corrected chi connectivity index (χ0v) is 12.5. The normalized spacial score (nSPS) is 44.8. The quantitative estimate of drug-likeness (QED) is 0.763. The second-order valence-corrected chi connectivity index (χ2v) is 8.93. The first kappa shape index (κ1) is 14.7. The van der Waals surface area contributed by atoms with Crippen LogP contribution in [-0.2, 0) is 10.1 Å². The van der Waals surface area contributed by atoms with Crippen LogP contribution < -0.4 is 5.73 Å². The summed E-state index contributed by atoms with van der Waals surface area (Å²) in [6.45, 7) is 0. The van der Waals surface area contributed by atoms with Crippen LogP contribution in [0.15, 0.2) is 0 Å². The molecule has 4 saturated carbocycles. The van der Waals surface area contributed by atoms with Gasteiger partial charge in [0.1, 0.15) is 5.67 Å². The van der Waals surface area contributed by atoms with Gasteiger partial charge in [-0.2, -0.15) is 8.42 Å². The Morgan fingerprint density at radius 2 is 1.85 bits per heavy atom. The molecule has 4 unspecified atom stereocenters. The SMILES string of the molecule is NC(CCS(=O)(=O)O)CC1[C@@H]2CC3C[C@H]1CC(F)(C3)C2. The number of alkyl halides is 1. The predicted octanol–water partition coefficient (Wildman–Crippen LogP) is 2.15. The molecule has 0 aromatic carbocycles. The van der Waals surface area contributed by atoms with Gasteiger partial charge in [-0.25, -0.2) is 4.39 Å². The van der Waals surface area contributed by atoms with Crippen molar-refractivity contribution in [3.8, 4) is 0 Å². The summed E-state index contributed by atoms with van der Waals surface area (Å²) in [6.07, 6.45) is 5.41. The number of nitrogens with two attached hydrogens (primary N) is 1. The summed E-state index contributed by atoms with van der Waals surface area (Å²) >= 11 is 0. The van der Waals surface area contributed by atoms with Crippen LogP contribution in [0.5, 0.6) is 0 Å². The maximum absolute atomic E-state index is 14.6. The molecule has 4 bridgehead atoms. The summed E-state index contributed by atoms with van der Waals surface area (Å²) in [6, 6.07) is -0.213. The van der Waals surface area contributed by atoms with Crippen LogP contribution in [0.2, 0.25) is 0 Å². The molecule has 20 heavy (non-hydrogen) atoms. The van der Waals surface area contributed by atoms with Crippen LogP contribution >= 0.6 is 0 Å². The van der Waals surface area contributed by atoms with Gasteiger partial charge < -0.3 is 5.73 Å². The fourth-order valence-corrected chi connectivity index (χ4v) is 5.78. The third-order valence-corrected chi connectivity index (χ3v) is 6.47. The average Bonchev–Trinajstić information content (AvgIpc) is 2.28. The van der Waals surface area contributed by atoms with Crippen molar-refractivity contribution in [3.05, 3.63) is 0 Å². The van der Waals surface area contributed by atoms with Crippen molar-refractivity contribution in [2.45, 2.75) is 56.7 Å². The van der Waals surface area contributed by atoms with E-state index in [-0.39, 0.29) is 11.8 Å². The largest absolute Gasteiger partial charge is 0.328 e. The van der Waals surface area contributed by atoms with Crippen LogP contribution in [0.3, 0.4) is 0 Å². The molecule has 0 heterocycles. The lowest BCUT2D eigenvalue weighted by atomic mass is 9.50. The molecular weight excluding hydrogens is 281 g/mol. The molecule has 0 saturated heterocycles. The Morgan fingerprint density at radius 1 is 1.25 bits per heavy atom. The lowest BCUT2D eigenvalue weighted by molar-refractivity contribution is -0.112. The highest BCUT2D eigenvalue weighted by molar-refractivity contribution is 7.85. The number of rotatable bonds is 5. The fourth-order valence-electron chi connectivity index (χ4n) is 5.18. The van der Waals surface area contributed by atoms with Gasteiger partial charge >= 0.3 is 0 Å². The molecule has 4 nitrogen and oxygen atoms in total. The minimum atomic E-state index is -3.93. The Balaban J connectivity index is 1.59. The molecular formula is C14H24FNO3S. The van der Waals surface area contributed by atoms with Crippen LogP contribution in [0.25, 0.3) is 0 Å². The summed E-state index contributed by atoms with van der Waals surface area (Å²) in [5.74, 6) is 1.60. The standard InChI is InChI=1S/C14H24FNO3S/c15-14-6-9-3-10(7-14)13(11(4-9)8-14)5-12(16)1-2-20(17,18)19/h9-13H,1-8,16H2,(H,17,18,19)/t9?,10-,11+,12?,13?,14?. The van der Waals surface area contributed by atoms with Gasteiger partial charge in [-0.05, 0) is 68.6 Å². The molecule has 0 aromatic heterocycles. The smallest absolute Gasteiger partial charge is 0.264 e.